The van der Waals surface area contributed by atoms with Gasteiger partial charge in [0.2, 0.25) is 5.78 Å². The van der Waals surface area contributed by atoms with Crippen molar-refractivity contribution in [3.63, 3.8) is 0 Å². The number of thiazole rings is 1. The fourth-order valence-electron chi connectivity index (χ4n) is 2.76. The number of aryl methyl sites for hydroxylation is 1. The van der Waals surface area contributed by atoms with E-state index in [4.69, 9.17) is 0 Å². The fourth-order valence-corrected chi connectivity index (χ4v) is 3.61. The molecule has 6 heteroatoms. The molecule has 1 aromatic rings. The molecule has 0 spiro atoms. The summed E-state index contributed by atoms with van der Waals surface area (Å²) in [5, 5.41) is 0.749. The summed E-state index contributed by atoms with van der Waals surface area (Å²) >= 11 is 1.30. The van der Waals surface area contributed by atoms with Gasteiger partial charge in [-0.2, -0.15) is 0 Å². The van der Waals surface area contributed by atoms with Crippen LogP contribution in [0.15, 0.2) is 4.99 Å². The average Bonchev–Trinajstić information content (AvgIpc) is 2.81. The summed E-state index contributed by atoms with van der Waals surface area (Å²) in [6, 6.07) is 0.855. The molecule has 1 aliphatic carbocycles. The molecule has 5 nitrogen and oxygen atoms in total. The average molecular weight is 321 g/mol. The lowest BCUT2D eigenvalue weighted by Gasteiger charge is -2.29. The first-order valence-corrected chi connectivity index (χ1v) is 8.47. The molecule has 120 valence electrons. The van der Waals surface area contributed by atoms with Crippen LogP contribution in [0.1, 0.15) is 59.3 Å². The lowest BCUT2D eigenvalue weighted by molar-refractivity contribution is 0.0966. The van der Waals surface area contributed by atoms with Crippen LogP contribution < -0.4 is 0 Å². The lowest BCUT2D eigenvalue weighted by atomic mass is 9.98. The maximum Gasteiger partial charge on any atom is 0.227 e. The van der Waals surface area contributed by atoms with E-state index in [0.717, 1.165) is 11.6 Å². The van der Waals surface area contributed by atoms with Crippen LogP contribution in [0.3, 0.4) is 0 Å². The summed E-state index contributed by atoms with van der Waals surface area (Å²) < 4.78 is 0. The normalized spacial score (nSPS) is 17.2. The monoisotopic (exact) mass is 321 g/mol. The maximum atomic E-state index is 12.4. The smallest absolute Gasteiger partial charge is 0.227 e. The minimum Gasteiger partial charge on any atom is -0.297 e. The van der Waals surface area contributed by atoms with Crippen molar-refractivity contribution in [1.29, 1.82) is 0 Å². The van der Waals surface area contributed by atoms with Gasteiger partial charge in [-0.3, -0.25) is 19.5 Å². The van der Waals surface area contributed by atoms with Gasteiger partial charge in [0.1, 0.15) is 10.6 Å². The molecular weight excluding hydrogens is 298 g/mol. The van der Waals surface area contributed by atoms with E-state index in [0.29, 0.717) is 34.9 Å². The zero-order chi connectivity index (χ0) is 16.4. The van der Waals surface area contributed by atoms with Crippen LogP contribution in [0.4, 0.5) is 0 Å². The van der Waals surface area contributed by atoms with Crippen LogP contribution in [-0.4, -0.2) is 52.3 Å². The molecule has 1 aromatic heterocycles. The first-order chi connectivity index (χ1) is 10.3. The van der Waals surface area contributed by atoms with Crippen molar-refractivity contribution in [3.05, 3.63) is 15.6 Å². The molecule has 0 saturated heterocycles. The van der Waals surface area contributed by atoms with Crippen LogP contribution in [0.25, 0.3) is 0 Å². The van der Waals surface area contributed by atoms with E-state index in [2.05, 4.69) is 42.6 Å². The van der Waals surface area contributed by atoms with Crippen molar-refractivity contribution in [2.75, 3.05) is 13.1 Å². The number of aliphatic imine (C=N–C) groups is 1. The molecular formula is C16H23N3O2S. The van der Waals surface area contributed by atoms with Crippen molar-refractivity contribution < 1.29 is 9.59 Å². The number of fused-ring (bicyclic) bond motifs is 1. The van der Waals surface area contributed by atoms with Gasteiger partial charge in [-0.1, -0.05) is 0 Å². The first kappa shape index (κ1) is 17.0. The molecule has 1 aliphatic rings. The van der Waals surface area contributed by atoms with Gasteiger partial charge in [0.15, 0.2) is 5.78 Å². The van der Waals surface area contributed by atoms with E-state index in [9.17, 15) is 9.59 Å². The van der Waals surface area contributed by atoms with Gasteiger partial charge in [-0.05, 0) is 34.6 Å². The molecule has 0 radical (unpaired) electrons. The molecule has 2 rings (SSSR count). The number of ketones is 2. The Morgan fingerprint density at radius 3 is 2.45 bits per heavy atom. The molecule has 0 saturated carbocycles. The predicted molar refractivity (Wildman–Crippen MR) is 89.4 cm³/mol. The van der Waals surface area contributed by atoms with Gasteiger partial charge in [-0.25, -0.2) is 4.98 Å². The van der Waals surface area contributed by atoms with E-state index in [1.54, 1.807) is 0 Å². The summed E-state index contributed by atoms with van der Waals surface area (Å²) in [5.74, 6) is -0.219. The highest BCUT2D eigenvalue weighted by atomic mass is 32.1. The molecule has 1 heterocycles. The minimum absolute atomic E-state index is 0.0384. The van der Waals surface area contributed by atoms with Crippen LogP contribution in [0.5, 0.6) is 0 Å². The standard InChI is InChI=1S/C16H23N3O2S/c1-9(2)19(10(3)4)7-6-17-12-8-13(20)16-14(15(12)21)18-11(5)22-16/h9-10H,6-8H2,1-5H3. The molecule has 0 fully saturated rings. The topological polar surface area (TPSA) is 62.6 Å². The van der Waals surface area contributed by atoms with Gasteiger partial charge in [0.05, 0.1) is 23.7 Å². The number of carbonyl (C=O) groups excluding carboxylic acids is 2. The molecule has 0 aliphatic heterocycles. The lowest BCUT2D eigenvalue weighted by Crippen LogP contribution is -2.39. The van der Waals surface area contributed by atoms with Crippen LogP contribution in [0.2, 0.25) is 0 Å². The third kappa shape index (κ3) is 3.50. The Morgan fingerprint density at radius 2 is 1.86 bits per heavy atom. The van der Waals surface area contributed by atoms with E-state index in [1.807, 2.05) is 6.92 Å². The predicted octanol–water partition coefficient (Wildman–Crippen LogP) is 2.78. The Balaban J connectivity index is 2.10. The number of aromatic nitrogens is 1. The Kier molecular flexibility index (Phi) is 5.24. The third-order valence-electron chi connectivity index (χ3n) is 3.78. The second-order valence-electron chi connectivity index (χ2n) is 6.09. The molecule has 0 aromatic carbocycles. The van der Waals surface area contributed by atoms with Crippen LogP contribution in [0, 0.1) is 6.92 Å². The Hall–Kier alpha value is -1.40. The molecule has 0 atom stereocenters. The Morgan fingerprint density at radius 1 is 1.23 bits per heavy atom. The molecule has 0 unspecified atom stereocenters. The molecule has 0 amide bonds. The Labute approximate surface area is 135 Å². The molecule has 0 N–H and O–H groups in total. The van der Waals surface area contributed by atoms with E-state index < -0.39 is 0 Å². The largest absolute Gasteiger partial charge is 0.297 e. The summed E-state index contributed by atoms with van der Waals surface area (Å²) in [5.41, 5.74) is 0.650. The van der Waals surface area contributed by atoms with Crippen LogP contribution in [-0.2, 0) is 0 Å². The number of Topliss-reactive ketones (excluding diaryl/α,β-unsaturated/α-hetero) is 2. The van der Waals surface area contributed by atoms with Gasteiger partial charge in [0, 0.05) is 18.6 Å². The zero-order valence-electron chi connectivity index (χ0n) is 13.8. The van der Waals surface area contributed by atoms with Crippen molar-refractivity contribution in [2.45, 2.75) is 53.1 Å². The van der Waals surface area contributed by atoms with E-state index >= 15 is 0 Å². The van der Waals surface area contributed by atoms with Gasteiger partial charge in [0.25, 0.3) is 0 Å². The highest BCUT2D eigenvalue weighted by molar-refractivity contribution is 7.14. The van der Waals surface area contributed by atoms with Crippen molar-refractivity contribution >= 4 is 28.6 Å². The summed E-state index contributed by atoms with van der Waals surface area (Å²) in [7, 11) is 0. The second kappa shape index (κ2) is 6.79. The second-order valence-corrected chi connectivity index (χ2v) is 7.30. The fraction of sp³-hybridized carbons (Fsp3) is 0.625. The summed E-state index contributed by atoms with van der Waals surface area (Å²) in [4.78, 5) is 35.9. The number of rotatable bonds is 5. The number of hydrogen-bond acceptors (Lipinski definition) is 6. The highest BCUT2D eigenvalue weighted by Gasteiger charge is 2.32. The van der Waals surface area contributed by atoms with Gasteiger partial charge < -0.3 is 0 Å². The maximum absolute atomic E-state index is 12.4. The SMILES string of the molecule is Cc1nc2c(s1)C(=O)CC(=NCCN(C(C)C)C(C)C)C2=O. The van der Waals surface area contributed by atoms with E-state index in [1.165, 1.54) is 11.3 Å². The summed E-state index contributed by atoms with van der Waals surface area (Å²) in [6.07, 6.45) is 0.108. The summed E-state index contributed by atoms with van der Waals surface area (Å²) in [6.45, 7) is 11.7. The van der Waals surface area contributed by atoms with Gasteiger partial charge >= 0.3 is 0 Å². The van der Waals surface area contributed by atoms with E-state index in [-0.39, 0.29) is 18.0 Å². The quantitative estimate of drug-likeness (QED) is 0.836. The van der Waals surface area contributed by atoms with Crippen LogP contribution >= 0.6 is 11.3 Å². The minimum atomic E-state index is -0.181. The zero-order valence-corrected chi connectivity index (χ0v) is 14.7. The first-order valence-electron chi connectivity index (χ1n) is 7.65. The van der Waals surface area contributed by atoms with Gasteiger partial charge in [-0.15, -0.1) is 11.3 Å². The molecule has 0 bridgehead atoms. The number of carbonyl (C=O) groups is 2. The third-order valence-corrected chi connectivity index (χ3v) is 4.79. The number of nitrogens with zero attached hydrogens (tertiary/aromatic N) is 3. The number of hydrogen-bond donors (Lipinski definition) is 0. The van der Waals surface area contributed by atoms with Crippen molar-refractivity contribution in [3.8, 4) is 0 Å². The molecule has 22 heavy (non-hydrogen) atoms. The van der Waals surface area contributed by atoms with Crippen molar-refractivity contribution in [1.82, 2.24) is 9.88 Å². The Bertz CT molecular complexity index is 609. The van der Waals surface area contributed by atoms with Crippen molar-refractivity contribution in [2.24, 2.45) is 4.99 Å². The highest BCUT2D eigenvalue weighted by Crippen LogP contribution is 2.25.